The number of nitrogens with one attached hydrogen (secondary N) is 2. The smallest absolute Gasteiger partial charge is 0.326 e. The van der Waals surface area contributed by atoms with Crippen LogP contribution in [0.2, 0.25) is 0 Å². The number of hydrogen-bond acceptors (Lipinski definition) is 4. The first-order valence-corrected chi connectivity index (χ1v) is 7.88. The minimum Gasteiger partial charge on any atom is -0.480 e. The highest BCUT2D eigenvalue weighted by Gasteiger charge is 2.21. The Balaban J connectivity index is 2.60. The maximum Gasteiger partial charge on any atom is 0.326 e. The van der Waals surface area contributed by atoms with Crippen molar-refractivity contribution in [2.24, 2.45) is 0 Å². The quantitative estimate of drug-likeness (QED) is 0.752. The monoisotopic (exact) mass is 313 g/mol. The zero-order valence-electron chi connectivity index (χ0n) is 12.9. The molecule has 0 saturated heterocycles. The van der Waals surface area contributed by atoms with Gasteiger partial charge in [-0.15, -0.1) is 11.3 Å². The van der Waals surface area contributed by atoms with Gasteiger partial charge in [0.25, 0.3) is 0 Å². The van der Waals surface area contributed by atoms with Gasteiger partial charge in [0, 0.05) is 10.8 Å². The number of amides is 2. The van der Waals surface area contributed by atoms with Gasteiger partial charge in [0.15, 0.2) is 5.13 Å². The summed E-state index contributed by atoms with van der Waals surface area (Å²) in [5.74, 6) is -1.02. The average molecular weight is 313 g/mol. The van der Waals surface area contributed by atoms with Gasteiger partial charge in [-0.05, 0) is 6.42 Å². The third kappa shape index (κ3) is 5.71. The van der Waals surface area contributed by atoms with E-state index in [1.807, 2.05) is 33.1 Å². The number of nitrogens with zero attached hydrogens (tertiary/aromatic N) is 1. The normalized spacial score (nSPS) is 12.8. The van der Waals surface area contributed by atoms with E-state index in [0.29, 0.717) is 11.6 Å². The largest absolute Gasteiger partial charge is 0.480 e. The molecule has 0 spiro atoms. The lowest BCUT2D eigenvalue weighted by atomic mass is 9.93. The van der Waals surface area contributed by atoms with Crippen LogP contribution in [0.1, 0.15) is 52.7 Å². The zero-order valence-corrected chi connectivity index (χ0v) is 13.7. The molecule has 3 N–H and O–H groups in total. The maximum atomic E-state index is 11.8. The second-order valence-electron chi connectivity index (χ2n) is 5.92. The van der Waals surface area contributed by atoms with Crippen molar-refractivity contribution >= 4 is 28.5 Å². The molecule has 1 heterocycles. The molecular formula is C14H23N3O3S. The number of anilines is 1. The molecule has 0 radical (unpaired) electrons. The Hall–Kier alpha value is -1.63. The van der Waals surface area contributed by atoms with Crippen LogP contribution < -0.4 is 10.6 Å². The molecule has 0 aromatic carbocycles. The predicted octanol–water partition coefficient (Wildman–Crippen LogP) is 3.21. The van der Waals surface area contributed by atoms with Crippen LogP contribution in [-0.4, -0.2) is 28.1 Å². The SMILES string of the molecule is CCCCC(NC(=O)Nc1nc(C(C)(C)C)cs1)C(=O)O. The van der Waals surface area contributed by atoms with Crippen molar-refractivity contribution in [2.45, 2.75) is 58.4 Å². The zero-order chi connectivity index (χ0) is 16.0. The number of hydrogen-bond donors (Lipinski definition) is 3. The Morgan fingerprint density at radius 3 is 2.57 bits per heavy atom. The van der Waals surface area contributed by atoms with Crippen molar-refractivity contribution in [3.05, 3.63) is 11.1 Å². The second kappa shape index (κ2) is 7.40. The van der Waals surface area contributed by atoms with Gasteiger partial charge in [0.1, 0.15) is 6.04 Å². The molecule has 0 aliphatic carbocycles. The van der Waals surface area contributed by atoms with Crippen LogP contribution in [0.4, 0.5) is 9.93 Å². The fourth-order valence-electron chi connectivity index (χ4n) is 1.63. The summed E-state index contributed by atoms with van der Waals surface area (Å²) in [6.07, 6.45) is 2.06. The minimum absolute atomic E-state index is 0.0857. The summed E-state index contributed by atoms with van der Waals surface area (Å²) in [7, 11) is 0. The Bertz CT molecular complexity index is 494. The van der Waals surface area contributed by atoms with Gasteiger partial charge in [0.05, 0.1) is 5.69 Å². The summed E-state index contributed by atoms with van der Waals surface area (Å²) in [5, 5.41) is 16.5. The molecule has 1 aromatic heterocycles. The molecule has 0 saturated carbocycles. The number of unbranched alkanes of at least 4 members (excludes halogenated alkanes) is 1. The molecule has 118 valence electrons. The van der Waals surface area contributed by atoms with Crippen molar-refractivity contribution in [3.8, 4) is 0 Å². The molecule has 1 atom stereocenters. The molecule has 0 aliphatic heterocycles. The number of carboxylic acid groups (broad SMARTS) is 1. The summed E-state index contributed by atoms with van der Waals surface area (Å²) in [5.41, 5.74) is 0.807. The average Bonchev–Trinajstić information content (AvgIpc) is 2.82. The Labute approximate surface area is 129 Å². The molecule has 6 nitrogen and oxygen atoms in total. The molecule has 21 heavy (non-hydrogen) atoms. The number of carbonyl (C=O) groups excluding carboxylic acids is 1. The highest BCUT2D eigenvalue weighted by atomic mass is 32.1. The van der Waals surface area contributed by atoms with E-state index >= 15 is 0 Å². The maximum absolute atomic E-state index is 11.8. The number of thiazole rings is 1. The van der Waals surface area contributed by atoms with Crippen LogP contribution in [0.5, 0.6) is 0 Å². The van der Waals surface area contributed by atoms with Crippen molar-refractivity contribution < 1.29 is 14.7 Å². The van der Waals surface area contributed by atoms with Crippen LogP contribution in [0, 0.1) is 0 Å². The van der Waals surface area contributed by atoms with E-state index in [1.165, 1.54) is 11.3 Å². The molecule has 7 heteroatoms. The van der Waals surface area contributed by atoms with Gasteiger partial charge in [-0.2, -0.15) is 0 Å². The first-order chi connectivity index (χ1) is 9.74. The van der Waals surface area contributed by atoms with Gasteiger partial charge >= 0.3 is 12.0 Å². The summed E-state index contributed by atoms with van der Waals surface area (Å²) in [4.78, 5) is 27.2. The van der Waals surface area contributed by atoms with Crippen molar-refractivity contribution in [2.75, 3.05) is 5.32 Å². The number of aromatic nitrogens is 1. The third-order valence-electron chi connectivity index (χ3n) is 2.94. The van der Waals surface area contributed by atoms with Crippen molar-refractivity contribution in [1.29, 1.82) is 0 Å². The highest BCUT2D eigenvalue weighted by molar-refractivity contribution is 7.13. The van der Waals surface area contributed by atoms with Crippen LogP contribution in [0.15, 0.2) is 5.38 Å². The highest BCUT2D eigenvalue weighted by Crippen LogP contribution is 2.26. The number of rotatable bonds is 6. The van der Waals surface area contributed by atoms with E-state index in [0.717, 1.165) is 18.5 Å². The predicted molar refractivity (Wildman–Crippen MR) is 83.9 cm³/mol. The van der Waals surface area contributed by atoms with Crippen LogP contribution in [-0.2, 0) is 10.2 Å². The van der Waals surface area contributed by atoms with Crippen LogP contribution in [0.3, 0.4) is 0 Å². The van der Waals surface area contributed by atoms with Crippen molar-refractivity contribution in [3.63, 3.8) is 0 Å². The van der Waals surface area contributed by atoms with Gasteiger partial charge < -0.3 is 10.4 Å². The molecular weight excluding hydrogens is 290 g/mol. The molecule has 0 aliphatic rings. The van der Waals surface area contributed by atoms with Gasteiger partial charge in [-0.25, -0.2) is 14.6 Å². The van der Waals surface area contributed by atoms with Crippen molar-refractivity contribution in [1.82, 2.24) is 10.3 Å². The van der Waals surface area contributed by atoms with E-state index in [9.17, 15) is 9.59 Å². The molecule has 2 amide bonds. The summed E-state index contributed by atoms with van der Waals surface area (Å²) >= 11 is 1.33. The van der Waals surface area contributed by atoms with E-state index in [2.05, 4.69) is 15.6 Å². The summed E-state index contributed by atoms with van der Waals surface area (Å²) in [6, 6.07) is -1.40. The third-order valence-corrected chi connectivity index (χ3v) is 3.70. The Morgan fingerprint density at radius 1 is 1.43 bits per heavy atom. The topological polar surface area (TPSA) is 91.3 Å². The minimum atomic E-state index is -1.02. The lowest BCUT2D eigenvalue weighted by Crippen LogP contribution is -2.42. The Morgan fingerprint density at radius 2 is 2.10 bits per heavy atom. The fourth-order valence-corrected chi connectivity index (χ4v) is 2.56. The fraction of sp³-hybridized carbons (Fsp3) is 0.643. The molecule has 0 fully saturated rings. The lowest BCUT2D eigenvalue weighted by Gasteiger charge is -2.15. The van der Waals surface area contributed by atoms with Crippen LogP contribution >= 0.6 is 11.3 Å². The van der Waals surface area contributed by atoms with Gasteiger partial charge in [-0.3, -0.25) is 5.32 Å². The lowest BCUT2D eigenvalue weighted by molar-refractivity contribution is -0.139. The second-order valence-corrected chi connectivity index (χ2v) is 6.78. The summed E-state index contributed by atoms with van der Waals surface area (Å²) < 4.78 is 0. The van der Waals surface area contributed by atoms with Gasteiger partial charge in [0.2, 0.25) is 0 Å². The van der Waals surface area contributed by atoms with Crippen LogP contribution in [0.25, 0.3) is 0 Å². The molecule has 1 unspecified atom stereocenters. The van der Waals surface area contributed by atoms with E-state index in [4.69, 9.17) is 5.11 Å². The Kier molecular flexibility index (Phi) is 6.14. The number of carboxylic acids is 1. The molecule has 1 aromatic rings. The first-order valence-electron chi connectivity index (χ1n) is 7.00. The molecule has 1 rings (SSSR count). The number of carbonyl (C=O) groups is 2. The van der Waals surface area contributed by atoms with E-state index in [1.54, 1.807) is 0 Å². The van der Waals surface area contributed by atoms with E-state index < -0.39 is 18.0 Å². The number of urea groups is 1. The van der Waals surface area contributed by atoms with E-state index in [-0.39, 0.29) is 5.41 Å². The summed E-state index contributed by atoms with van der Waals surface area (Å²) in [6.45, 7) is 8.09. The van der Waals surface area contributed by atoms with Gasteiger partial charge in [-0.1, -0.05) is 40.5 Å². The standard InChI is InChI=1S/C14H23N3O3S/c1-5-6-7-9(11(18)19)15-12(20)17-13-16-10(8-21-13)14(2,3)4/h8-9H,5-7H2,1-4H3,(H,18,19)(H2,15,16,17,20). The first kappa shape index (κ1) is 17.4. The number of aliphatic carboxylic acids is 1. The molecule has 0 bridgehead atoms.